The second kappa shape index (κ2) is 5.41. The number of nitro benzene ring substituents is 1. The summed E-state index contributed by atoms with van der Waals surface area (Å²) < 4.78 is 18.5. The monoisotopic (exact) mass is 228 g/mol. The van der Waals surface area contributed by atoms with E-state index in [0.717, 1.165) is 12.1 Å². The predicted molar refractivity (Wildman–Crippen MR) is 57.1 cm³/mol. The fraction of sp³-hybridized carbons (Fsp3) is 0.400. The molecule has 0 aliphatic heterocycles. The molecule has 1 rings (SSSR count). The van der Waals surface area contributed by atoms with Crippen LogP contribution in [0.4, 0.5) is 10.1 Å². The Balaban J connectivity index is 2.77. The van der Waals surface area contributed by atoms with Gasteiger partial charge in [0.2, 0.25) is 5.82 Å². The van der Waals surface area contributed by atoms with Gasteiger partial charge in [-0.25, -0.2) is 0 Å². The van der Waals surface area contributed by atoms with E-state index in [2.05, 4.69) is 5.32 Å². The highest BCUT2D eigenvalue weighted by atomic mass is 19.1. The van der Waals surface area contributed by atoms with E-state index in [1.54, 1.807) is 7.05 Å². The minimum Gasteiger partial charge on any atom is -0.489 e. The van der Waals surface area contributed by atoms with Crippen molar-refractivity contribution >= 4 is 5.69 Å². The van der Waals surface area contributed by atoms with Crippen LogP contribution in [0.1, 0.15) is 6.92 Å². The first-order valence-corrected chi connectivity index (χ1v) is 4.79. The smallest absolute Gasteiger partial charge is 0.305 e. The molecule has 1 N–H and O–H groups in total. The molecule has 0 saturated heterocycles. The highest BCUT2D eigenvalue weighted by molar-refractivity contribution is 5.38. The maximum absolute atomic E-state index is 13.2. The molecular formula is C10H13FN2O3. The lowest BCUT2D eigenvalue weighted by molar-refractivity contribution is -0.387. The van der Waals surface area contributed by atoms with Crippen LogP contribution in [0.5, 0.6) is 5.75 Å². The van der Waals surface area contributed by atoms with Gasteiger partial charge in [0, 0.05) is 18.7 Å². The number of nitrogens with zero attached hydrogens (tertiary/aromatic N) is 1. The topological polar surface area (TPSA) is 64.4 Å². The molecule has 0 heterocycles. The van der Waals surface area contributed by atoms with Crippen molar-refractivity contribution in [1.82, 2.24) is 5.32 Å². The summed E-state index contributed by atoms with van der Waals surface area (Å²) in [7, 11) is 1.77. The summed E-state index contributed by atoms with van der Waals surface area (Å²) in [5.74, 6) is -0.606. The lowest BCUT2D eigenvalue weighted by Gasteiger charge is -2.13. The summed E-state index contributed by atoms with van der Waals surface area (Å²) in [5.41, 5.74) is -0.548. The molecule has 88 valence electrons. The summed E-state index contributed by atoms with van der Waals surface area (Å²) in [5, 5.41) is 13.3. The summed E-state index contributed by atoms with van der Waals surface area (Å²) in [6.07, 6.45) is -0.133. The second-order valence-corrected chi connectivity index (χ2v) is 3.36. The Hall–Kier alpha value is -1.69. The molecule has 0 saturated carbocycles. The Kier molecular flexibility index (Phi) is 4.19. The molecule has 0 aromatic heterocycles. The van der Waals surface area contributed by atoms with E-state index >= 15 is 0 Å². The number of hydrogen-bond donors (Lipinski definition) is 1. The highest BCUT2D eigenvalue weighted by Crippen LogP contribution is 2.22. The van der Waals surface area contributed by atoms with Crippen molar-refractivity contribution in [1.29, 1.82) is 0 Å². The van der Waals surface area contributed by atoms with E-state index in [1.807, 2.05) is 6.92 Å². The summed E-state index contributed by atoms with van der Waals surface area (Å²) in [6.45, 7) is 2.43. The summed E-state index contributed by atoms with van der Waals surface area (Å²) >= 11 is 0. The maximum atomic E-state index is 13.2. The van der Waals surface area contributed by atoms with Gasteiger partial charge in [0.05, 0.1) is 4.92 Å². The van der Waals surface area contributed by atoms with Gasteiger partial charge in [0.1, 0.15) is 11.9 Å². The Morgan fingerprint density at radius 1 is 1.62 bits per heavy atom. The predicted octanol–water partition coefficient (Wildman–Crippen LogP) is 1.72. The molecule has 0 radical (unpaired) electrons. The van der Waals surface area contributed by atoms with Crippen molar-refractivity contribution in [3.05, 3.63) is 34.1 Å². The molecule has 0 amide bonds. The number of likely N-dealkylation sites (N-methyl/N-ethyl adjacent to an activating group) is 1. The Bertz CT molecular complexity index is 384. The van der Waals surface area contributed by atoms with Crippen LogP contribution in [0.3, 0.4) is 0 Å². The third-order valence-electron chi connectivity index (χ3n) is 1.94. The zero-order chi connectivity index (χ0) is 12.1. The lowest BCUT2D eigenvalue weighted by Crippen LogP contribution is -2.26. The van der Waals surface area contributed by atoms with Crippen LogP contribution in [0.2, 0.25) is 0 Å². The van der Waals surface area contributed by atoms with Gasteiger partial charge in [-0.1, -0.05) is 0 Å². The molecule has 0 fully saturated rings. The number of ether oxygens (including phenoxy) is 1. The second-order valence-electron chi connectivity index (χ2n) is 3.36. The quantitative estimate of drug-likeness (QED) is 0.615. The molecule has 1 atom stereocenters. The number of hydrogen-bond acceptors (Lipinski definition) is 4. The van der Waals surface area contributed by atoms with Crippen LogP contribution in [0.15, 0.2) is 18.2 Å². The molecule has 0 aliphatic carbocycles. The zero-order valence-electron chi connectivity index (χ0n) is 9.07. The van der Waals surface area contributed by atoms with Crippen LogP contribution >= 0.6 is 0 Å². The van der Waals surface area contributed by atoms with Gasteiger partial charge >= 0.3 is 5.69 Å². The average Bonchev–Trinajstić information content (AvgIpc) is 2.17. The molecule has 1 aromatic carbocycles. The minimum atomic E-state index is -0.890. The largest absolute Gasteiger partial charge is 0.489 e. The number of halogens is 1. The molecule has 0 bridgehead atoms. The van der Waals surface area contributed by atoms with Gasteiger partial charge in [-0.2, -0.15) is 4.39 Å². The lowest BCUT2D eigenvalue weighted by atomic mass is 10.3. The minimum absolute atomic E-state index is 0.133. The Morgan fingerprint density at radius 3 is 2.81 bits per heavy atom. The van der Waals surface area contributed by atoms with Crippen molar-refractivity contribution in [3.63, 3.8) is 0 Å². The molecule has 5 nitrogen and oxygen atoms in total. The van der Waals surface area contributed by atoms with Gasteiger partial charge in [0.25, 0.3) is 0 Å². The molecule has 0 spiro atoms. The molecular weight excluding hydrogens is 215 g/mol. The van der Waals surface area contributed by atoms with E-state index in [9.17, 15) is 14.5 Å². The van der Waals surface area contributed by atoms with Crippen molar-refractivity contribution in [3.8, 4) is 5.75 Å². The molecule has 1 unspecified atom stereocenters. The zero-order valence-corrected chi connectivity index (χ0v) is 9.07. The van der Waals surface area contributed by atoms with Gasteiger partial charge in [-0.15, -0.1) is 0 Å². The first kappa shape index (κ1) is 12.4. The van der Waals surface area contributed by atoms with Gasteiger partial charge in [-0.05, 0) is 20.0 Å². The van der Waals surface area contributed by atoms with Crippen molar-refractivity contribution in [2.24, 2.45) is 0 Å². The van der Waals surface area contributed by atoms with Crippen LogP contribution in [-0.4, -0.2) is 24.6 Å². The number of nitro groups is 1. The molecule has 16 heavy (non-hydrogen) atoms. The van der Waals surface area contributed by atoms with E-state index in [-0.39, 0.29) is 11.9 Å². The normalized spacial score (nSPS) is 12.2. The van der Waals surface area contributed by atoms with Gasteiger partial charge in [-0.3, -0.25) is 10.1 Å². The maximum Gasteiger partial charge on any atom is 0.305 e. The number of benzene rings is 1. The van der Waals surface area contributed by atoms with Crippen molar-refractivity contribution < 1.29 is 14.1 Å². The van der Waals surface area contributed by atoms with Gasteiger partial charge < -0.3 is 10.1 Å². The van der Waals surface area contributed by atoms with Crippen molar-refractivity contribution in [2.45, 2.75) is 13.0 Å². The first-order chi connectivity index (χ1) is 7.54. The fourth-order valence-corrected chi connectivity index (χ4v) is 1.27. The third-order valence-corrected chi connectivity index (χ3v) is 1.94. The Morgan fingerprint density at radius 2 is 2.31 bits per heavy atom. The average molecular weight is 228 g/mol. The standard InChI is InChI=1S/C10H13FN2O3/c1-7(6-12-2)16-8-3-4-10(13(14)15)9(11)5-8/h3-5,7,12H,6H2,1-2H3. The highest BCUT2D eigenvalue weighted by Gasteiger charge is 2.14. The van der Waals surface area contributed by atoms with E-state index < -0.39 is 16.4 Å². The summed E-state index contributed by atoms with van der Waals surface area (Å²) in [6, 6.07) is 3.49. The van der Waals surface area contributed by atoms with Crippen LogP contribution < -0.4 is 10.1 Å². The third kappa shape index (κ3) is 3.16. The molecule has 1 aromatic rings. The first-order valence-electron chi connectivity index (χ1n) is 4.79. The van der Waals surface area contributed by atoms with Crippen molar-refractivity contribution in [2.75, 3.05) is 13.6 Å². The number of nitrogens with one attached hydrogen (secondary N) is 1. The number of rotatable bonds is 5. The van der Waals surface area contributed by atoms with Crippen LogP contribution in [0.25, 0.3) is 0 Å². The van der Waals surface area contributed by atoms with Gasteiger partial charge in [0.15, 0.2) is 0 Å². The molecule has 6 heteroatoms. The van der Waals surface area contributed by atoms with Crippen LogP contribution in [0, 0.1) is 15.9 Å². The summed E-state index contributed by atoms with van der Waals surface area (Å²) in [4.78, 5) is 9.60. The van der Waals surface area contributed by atoms with Crippen LogP contribution in [-0.2, 0) is 0 Å². The van der Waals surface area contributed by atoms with E-state index in [1.165, 1.54) is 6.07 Å². The Labute approximate surface area is 92.4 Å². The van der Waals surface area contributed by atoms with E-state index in [0.29, 0.717) is 6.54 Å². The molecule has 0 aliphatic rings. The fourth-order valence-electron chi connectivity index (χ4n) is 1.27. The SMILES string of the molecule is CNCC(C)Oc1ccc([N+](=O)[O-])c(F)c1. The van der Waals surface area contributed by atoms with E-state index in [4.69, 9.17) is 4.74 Å².